The van der Waals surface area contributed by atoms with Crippen molar-refractivity contribution in [2.24, 2.45) is 7.05 Å². The largest absolute Gasteiger partial charge is 0.466 e. The maximum atomic E-state index is 10.9. The molecule has 0 unspecified atom stereocenters. The number of ether oxygens (including phenoxy) is 1. The van der Waals surface area contributed by atoms with Crippen LogP contribution in [0.25, 0.3) is 6.08 Å². The summed E-state index contributed by atoms with van der Waals surface area (Å²) in [6.07, 6.45) is 7.55. The van der Waals surface area contributed by atoms with Gasteiger partial charge < -0.3 is 4.74 Å². The monoisotopic (exact) mass is 194 g/mol. The van der Waals surface area contributed by atoms with Crippen LogP contribution in [0.1, 0.15) is 18.9 Å². The topological polar surface area (TPSA) is 44.1 Å². The van der Waals surface area contributed by atoms with E-state index >= 15 is 0 Å². The van der Waals surface area contributed by atoms with Gasteiger partial charge in [0, 0.05) is 18.8 Å². The molecule has 0 spiro atoms. The molecule has 1 heterocycles. The molecule has 0 aliphatic heterocycles. The quantitative estimate of drug-likeness (QED) is 0.680. The Bertz CT molecular complexity index is 329. The van der Waals surface area contributed by atoms with E-state index in [4.69, 9.17) is 4.74 Å². The molecular weight excluding hydrogens is 180 g/mol. The summed E-state index contributed by atoms with van der Waals surface area (Å²) < 4.78 is 6.49. The van der Waals surface area contributed by atoms with E-state index in [2.05, 4.69) is 5.10 Å². The Balaban J connectivity index is 2.37. The number of nitrogens with zero attached hydrogens (tertiary/aromatic N) is 2. The van der Waals surface area contributed by atoms with E-state index < -0.39 is 0 Å². The average Bonchev–Trinajstić information content (AvgIpc) is 2.52. The van der Waals surface area contributed by atoms with Crippen LogP contribution in [0, 0.1) is 0 Å². The fourth-order valence-electron chi connectivity index (χ4n) is 1.04. The van der Waals surface area contributed by atoms with Crippen molar-refractivity contribution in [3.8, 4) is 0 Å². The Morgan fingerprint density at radius 1 is 1.71 bits per heavy atom. The first kappa shape index (κ1) is 10.5. The number of aryl methyl sites for hydroxylation is 1. The zero-order chi connectivity index (χ0) is 10.4. The van der Waals surface area contributed by atoms with Crippen LogP contribution < -0.4 is 0 Å². The van der Waals surface area contributed by atoms with E-state index in [0.717, 1.165) is 5.56 Å². The smallest absolute Gasteiger partial charge is 0.309 e. The van der Waals surface area contributed by atoms with Crippen molar-refractivity contribution in [2.75, 3.05) is 6.61 Å². The van der Waals surface area contributed by atoms with Crippen molar-refractivity contribution < 1.29 is 9.53 Å². The van der Waals surface area contributed by atoms with E-state index in [0.29, 0.717) is 13.0 Å². The van der Waals surface area contributed by atoms with Crippen molar-refractivity contribution >= 4 is 12.0 Å². The second-order valence-electron chi connectivity index (χ2n) is 2.86. The molecule has 0 aliphatic rings. The summed E-state index contributed by atoms with van der Waals surface area (Å²) in [4.78, 5) is 10.9. The average molecular weight is 194 g/mol. The van der Waals surface area contributed by atoms with Gasteiger partial charge >= 0.3 is 5.97 Å². The highest BCUT2D eigenvalue weighted by molar-refractivity contribution is 5.72. The number of hydrogen-bond acceptors (Lipinski definition) is 3. The molecule has 0 fully saturated rings. The lowest BCUT2D eigenvalue weighted by molar-refractivity contribution is -0.142. The molecule has 4 heteroatoms. The minimum Gasteiger partial charge on any atom is -0.466 e. The summed E-state index contributed by atoms with van der Waals surface area (Å²) in [5.74, 6) is -0.201. The zero-order valence-corrected chi connectivity index (χ0v) is 8.43. The molecule has 4 nitrogen and oxygen atoms in total. The van der Waals surface area contributed by atoms with Gasteiger partial charge in [-0.25, -0.2) is 0 Å². The van der Waals surface area contributed by atoms with Gasteiger partial charge in [-0.3, -0.25) is 9.48 Å². The van der Waals surface area contributed by atoms with Crippen LogP contribution >= 0.6 is 0 Å². The predicted molar refractivity (Wildman–Crippen MR) is 53.5 cm³/mol. The molecule has 0 amide bonds. The first-order valence-electron chi connectivity index (χ1n) is 4.53. The molecule has 1 aromatic heterocycles. The van der Waals surface area contributed by atoms with E-state index in [1.807, 2.05) is 19.3 Å². The van der Waals surface area contributed by atoms with Crippen molar-refractivity contribution in [3.63, 3.8) is 0 Å². The second kappa shape index (κ2) is 5.21. The van der Waals surface area contributed by atoms with E-state index in [-0.39, 0.29) is 5.97 Å². The molecule has 76 valence electrons. The number of aromatic nitrogens is 2. The molecule has 0 aromatic carbocycles. The van der Waals surface area contributed by atoms with Crippen molar-refractivity contribution in [1.29, 1.82) is 0 Å². The minimum atomic E-state index is -0.201. The summed E-state index contributed by atoms with van der Waals surface area (Å²) in [7, 11) is 1.85. The Kier molecular flexibility index (Phi) is 3.91. The molecule has 0 saturated carbocycles. The number of carbonyl (C=O) groups excluding carboxylic acids is 1. The van der Waals surface area contributed by atoms with E-state index in [9.17, 15) is 4.79 Å². The molecule has 0 radical (unpaired) electrons. The van der Waals surface area contributed by atoms with Gasteiger partial charge in [-0.1, -0.05) is 12.2 Å². The molecule has 0 atom stereocenters. The Hall–Kier alpha value is -1.58. The maximum Gasteiger partial charge on any atom is 0.309 e. The van der Waals surface area contributed by atoms with Gasteiger partial charge in [0.2, 0.25) is 0 Å². The Labute approximate surface area is 83.2 Å². The van der Waals surface area contributed by atoms with Crippen LogP contribution in [0.3, 0.4) is 0 Å². The van der Waals surface area contributed by atoms with Crippen LogP contribution in [-0.4, -0.2) is 22.4 Å². The highest BCUT2D eigenvalue weighted by Gasteiger charge is 1.96. The van der Waals surface area contributed by atoms with E-state index in [1.165, 1.54) is 0 Å². The molecule has 0 aliphatic carbocycles. The van der Waals surface area contributed by atoms with Crippen LogP contribution in [0.4, 0.5) is 0 Å². The molecular formula is C10H14N2O2. The van der Waals surface area contributed by atoms with Gasteiger partial charge in [0.1, 0.15) is 0 Å². The van der Waals surface area contributed by atoms with Gasteiger partial charge in [0.05, 0.1) is 19.2 Å². The van der Waals surface area contributed by atoms with E-state index in [1.54, 1.807) is 23.9 Å². The number of carbonyl (C=O) groups is 1. The molecule has 1 rings (SSSR count). The maximum absolute atomic E-state index is 10.9. The van der Waals surface area contributed by atoms with Gasteiger partial charge in [-0.15, -0.1) is 0 Å². The summed E-state index contributed by atoms with van der Waals surface area (Å²) in [5, 5.41) is 4.00. The standard InChI is InChI=1S/C10H14N2O2/c1-3-14-10(13)6-4-5-9-7-11-12(2)8-9/h4-5,7-8H,3,6H2,1-2H3. The lowest BCUT2D eigenvalue weighted by atomic mass is 10.3. The number of rotatable bonds is 4. The lowest BCUT2D eigenvalue weighted by Crippen LogP contribution is -2.01. The third-order valence-corrected chi connectivity index (χ3v) is 1.62. The van der Waals surface area contributed by atoms with Gasteiger partial charge in [0.25, 0.3) is 0 Å². The number of esters is 1. The predicted octanol–water partition coefficient (Wildman–Crippen LogP) is 1.39. The Morgan fingerprint density at radius 2 is 2.50 bits per heavy atom. The van der Waals surface area contributed by atoms with Crippen LogP contribution in [0.5, 0.6) is 0 Å². The molecule has 0 bridgehead atoms. The van der Waals surface area contributed by atoms with Crippen LogP contribution in [0.2, 0.25) is 0 Å². The molecule has 1 aromatic rings. The lowest BCUT2D eigenvalue weighted by Gasteiger charge is -1.95. The van der Waals surface area contributed by atoms with Crippen molar-refractivity contribution in [2.45, 2.75) is 13.3 Å². The fraction of sp³-hybridized carbons (Fsp3) is 0.400. The van der Waals surface area contributed by atoms with Crippen molar-refractivity contribution in [3.05, 3.63) is 24.0 Å². The molecule has 14 heavy (non-hydrogen) atoms. The van der Waals surface area contributed by atoms with Gasteiger partial charge in [0.15, 0.2) is 0 Å². The third kappa shape index (κ3) is 3.43. The van der Waals surface area contributed by atoms with Crippen LogP contribution in [-0.2, 0) is 16.6 Å². The minimum absolute atomic E-state index is 0.201. The summed E-state index contributed by atoms with van der Waals surface area (Å²) in [6, 6.07) is 0. The summed E-state index contributed by atoms with van der Waals surface area (Å²) in [5.41, 5.74) is 0.983. The van der Waals surface area contributed by atoms with Crippen molar-refractivity contribution in [1.82, 2.24) is 9.78 Å². The first-order chi connectivity index (χ1) is 6.72. The highest BCUT2D eigenvalue weighted by atomic mass is 16.5. The van der Waals surface area contributed by atoms with Crippen LogP contribution in [0.15, 0.2) is 18.5 Å². The normalized spacial score (nSPS) is 10.7. The second-order valence-corrected chi connectivity index (χ2v) is 2.86. The highest BCUT2D eigenvalue weighted by Crippen LogP contribution is 2.00. The van der Waals surface area contributed by atoms with Gasteiger partial charge in [-0.2, -0.15) is 5.10 Å². The third-order valence-electron chi connectivity index (χ3n) is 1.62. The summed E-state index contributed by atoms with van der Waals surface area (Å²) >= 11 is 0. The van der Waals surface area contributed by atoms with Gasteiger partial charge in [-0.05, 0) is 6.92 Å². The molecule has 0 N–H and O–H groups in total. The first-order valence-corrected chi connectivity index (χ1v) is 4.53. The SMILES string of the molecule is CCOC(=O)CC=Cc1cnn(C)c1. The Morgan fingerprint density at radius 3 is 3.07 bits per heavy atom. The number of hydrogen-bond donors (Lipinski definition) is 0. The molecule has 0 saturated heterocycles. The fourth-order valence-corrected chi connectivity index (χ4v) is 1.04. The summed E-state index contributed by atoms with van der Waals surface area (Å²) in [6.45, 7) is 2.22. The zero-order valence-electron chi connectivity index (χ0n) is 8.43.